The van der Waals surface area contributed by atoms with Gasteiger partial charge in [-0.05, 0) is 36.4 Å². The van der Waals surface area contributed by atoms with Crippen LogP contribution in [0.4, 0.5) is 0 Å². The van der Waals surface area contributed by atoms with E-state index in [1.807, 2.05) is 53.4 Å². The second-order valence-electron chi connectivity index (χ2n) is 7.81. The van der Waals surface area contributed by atoms with Crippen LogP contribution in [-0.4, -0.2) is 59.1 Å². The molecule has 2 aromatic heterocycles. The summed E-state index contributed by atoms with van der Waals surface area (Å²) in [7, 11) is 1.67. The smallest absolute Gasteiger partial charge is 0.228 e. The van der Waals surface area contributed by atoms with Gasteiger partial charge in [0.05, 0.1) is 25.8 Å². The first-order valence-electron chi connectivity index (χ1n) is 10.6. The second-order valence-corrected chi connectivity index (χ2v) is 8.76. The zero-order valence-electron chi connectivity index (χ0n) is 17.9. The Kier molecular flexibility index (Phi) is 5.87. The topological polar surface area (TPSA) is 71.7 Å². The number of nitrogens with zero attached hydrogens (tertiary/aromatic N) is 4. The highest BCUT2D eigenvalue weighted by atomic mass is 32.1. The number of rotatable bonds is 6. The van der Waals surface area contributed by atoms with Crippen LogP contribution in [0.5, 0.6) is 5.75 Å². The molecule has 32 heavy (non-hydrogen) atoms. The van der Waals surface area contributed by atoms with Crippen molar-refractivity contribution in [1.82, 2.24) is 19.9 Å². The number of fused-ring (bicyclic) bond motifs is 1. The zero-order valence-corrected chi connectivity index (χ0v) is 18.7. The van der Waals surface area contributed by atoms with E-state index >= 15 is 0 Å². The van der Waals surface area contributed by atoms with Gasteiger partial charge in [0.2, 0.25) is 5.91 Å². The fourth-order valence-corrected chi connectivity index (χ4v) is 4.79. The van der Waals surface area contributed by atoms with Crippen molar-refractivity contribution in [2.75, 3.05) is 33.3 Å². The number of benzene rings is 2. The van der Waals surface area contributed by atoms with E-state index in [0.29, 0.717) is 18.8 Å². The average Bonchev–Trinajstić information content (AvgIpc) is 3.47. The summed E-state index contributed by atoms with van der Waals surface area (Å²) in [5, 5.41) is 8.19. The SMILES string of the molecule is COc1ccc(-c2csc(CN3CCN(C(=O)Cc4noc5ccccc45)CC3)n2)cc1. The van der Waals surface area contributed by atoms with Crippen molar-refractivity contribution in [1.29, 1.82) is 0 Å². The Morgan fingerprint density at radius 1 is 1.09 bits per heavy atom. The van der Waals surface area contributed by atoms with E-state index in [-0.39, 0.29) is 12.3 Å². The van der Waals surface area contributed by atoms with E-state index < -0.39 is 0 Å². The van der Waals surface area contributed by atoms with Crippen molar-refractivity contribution >= 4 is 28.2 Å². The molecule has 3 heterocycles. The molecule has 7 nitrogen and oxygen atoms in total. The number of aromatic nitrogens is 2. The Bertz CT molecular complexity index is 1210. The minimum atomic E-state index is 0.0970. The van der Waals surface area contributed by atoms with Crippen molar-refractivity contribution in [2.45, 2.75) is 13.0 Å². The lowest BCUT2D eigenvalue weighted by molar-refractivity contribution is -0.132. The molecule has 0 unspecified atom stereocenters. The number of para-hydroxylation sites is 1. The van der Waals surface area contributed by atoms with Crippen LogP contribution in [-0.2, 0) is 17.8 Å². The van der Waals surface area contributed by atoms with Gasteiger partial charge in [0, 0.05) is 42.5 Å². The fraction of sp³-hybridized carbons (Fsp3) is 0.292. The first kappa shape index (κ1) is 20.7. The number of thiazole rings is 1. The molecule has 1 amide bonds. The van der Waals surface area contributed by atoms with Crippen LogP contribution in [0, 0.1) is 0 Å². The summed E-state index contributed by atoms with van der Waals surface area (Å²) in [6.07, 6.45) is 0.273. The first-order chi connectivity index (χ1) is 15.7. The van der Waals surface area contributed by atoms with Crippen LogP contribution in [0.2, 0.25) is 0 Å². The van der Waals surface area contributed by atoms with E-state index in [1.54, 1.807) is 18.4 Å². The molecule has 1 aliphatic rings. The van der Waals surface area contributed by atoms with E-state index in [0.717, 1.165) is 52.6 Å². The number of hydrogen-bond donors (Lipinski definition) is 0. The largest absolute Gasteiger partial charge is 0.497 e. The Balaban J connectivity index is 1.15. The number of piperazine rings is 1. The van der Waals surface area contributed by atoms with Crippen molar-refractivity contribution in [3.8, 4) is 17.0 Å². The maximum atomic E-state index is 12.8. The summed E-state index contributed by atoms with van der Waals surface area (Å²) in [4.78, 5) is 21.9. The minimum Gasteiger partial charge on any atom is -0.497 e. The van der Waals surface area contributed by atoms with Crippen molar-refractivity contribution < 1.29 is 14.1 Å². The van der Waals surface area contributed by atoms with E-state index in [4.69, 9.17) is 14.2 Å². The van der Waals surface area contributed by atoms with Crippen LogP contribution in [0.1, 0.15) is 10.7 Å². The molecule has 1 fully saturated rings. The summed E-state index contributed by atoms with van der Waals surface area (Å²) in [6, 6.07) is 15.6. The number of carbonyl (C=O) groups is 1. The van der Waals surface area contributed by atoms with Gasteiger partial charge in [0.25, 0.3) is 0 Å². The average molecular weight is 449 g/mol. The molecule has 0 N–H and O–H groups in total. The normalized spacial score (nSPS) is 14.7. The van der Waals surface area contributed by atoms with E-state index in [1.165, 1.54) is 0 Å². The summed E-state index contributed by atoms with van der Waals surface area (Å²) in [5.74, 6) is 0.938. The van der Waals surface area contributed by atoms with Gasteiger partial charge in [-0.1, -0.05) is 17.3 Å². The van der Waals surface area contributed by atoms with Crippen LogP contribution in [0.15, 0.2) is 58.4 Å². The highest BCUT2D eigenvalue weighted by molar-refractivity contribution is 7.09. The molecule has 1 saturated heterocycles. The Morgan fingerprint density at radius 3 is 2.66 bits per heavy atom. The molecular formula is C24H24N4O3S. The third-order valence-corrected chi connectivity index (χ3v) is 6.63. The van der Waals surface area contributed by atoms with E-state index in [2.05, 4.69) is 15.4 Å². The Morgan fingerprint density at radius 2 is 1.88 bits per heavy atom. The fourth-order valence-electron chi connectivity index (χ4n) is 3.95. The molecule has 5 rings (SSSR count). The summed E-state index contributed by atoms with van der Waals surface area (Å²) in [6.45, 7) is 3.90. The molecule has 1 aliphatic heterocycles. The van der Waals surface area contributed by atoms with Crippen LogP contribution < -0.4 is 4.74 Å². The quantitative estimate of drug-likeness (QED) is 0.446. The number of methoxy groups -OCH3 is 1. The van der Waals surface area contributed by atoms with Crippen LogP contribution in [0.25, 0.3) is 22.2 Å². The van der Waals surface area contributed by atoms with Crippen LogP contribution in [0.3, 0.4) is 0 Å². The van der Waals surface area contributed by atoms with Gasteiger partial charge in [-0.25, -0.2) is 4.98 Å². The van der Waals surface area contributed by atoms with Gasteiger partial charge < -0.3 is 14.2 Å². The summed E-state index contributed by atoms with van der Waals surface area (Å²) < 4.78 is 10.5. The minimum absolute atomic E-state index is 0.0970. The van der Waals surface area contributed by atoms with Crippen molar-refractivity contribution in [2.24, 2.45) is 0 Å². The molecule has 8 heteroatoms. The maximum Gasteiger partial charge on any atom is 0.228 e. The molecule has 0 radical (unpaired) electrons. The van der Waals surface area contributed by atoms with Crippen LogP contribution >= 0.6 is 11.3 Å². The van der Waals surface area contributed by atoms with Gasteiger partial charge in [-0.3, -0.25) is 9.69 Å². The number of carbonyl (C=O) groups excluding carboxylic acids is 1. The third kappa shape index (κ3) is 4.37. The predicted molar refractivity (Wildman–Crippen MR) is 124 cm³/mol. The first-order valence-corrected chi connectivity index (χ1v) is 11.5. The highest BCUT2D eigenvalue weighted by Gasteiger charge is 2.23. The van der Waals surface area contributed by atoms with Crippen molar-refractivity contribution in [3.63, 3.8) is 0 Å². The molecular weight excluding hydrogens is 424 g/mol. The molecule has 0 bridgehead atoms. The van der Waals surface area contributed by atoms with Gasteiger partial charge in [-0.2, -0.15) is 0 Å². The Labute approximate surface area is 190 Å². The molecule has 4 aromatic rings. The van der Waals surface area contributed by atoms with Gasteiger partial charge >= 0.3 is 0 Å². The Hall–Kier alpha value is -3.23. The lowest BCUT2D eigenvalue weighted by Gasteiger charge is -2.34. The highest BCUT2D eigenvalue weighted by Crippen LogP contribution is 2.25. The standard InChI is InChI=1S/C24H24N4O3S/c1-30-18-8-6-17(7-9-18)21-16-32-23(25-21)15-27-10-12-28(13-11-27)24(29)14-20-19-4-2-3-5-22(19)31-26-20/h2-9,16H,10-15H2,1H3. The molecule has 0 saturated carbocycles. The number of hydrogen-bond acceptors (Lipinski definition) is 7. The maximum absolute atomic E-state index is 12.8. The molecule has 0 aliphatic carbocycles. The molecule has 0 atom stereocenters. The van der Waals surface area contributed by atoms with Crippen molar-refractivity contribution in [3.05, 3.63) is 64.6 Å². The molecule has 2 aromatic carbocycles. The van der Waals surface area contributed by atoms with Gasteiger partial charge in [0.1, 0.15) is 16.5 Å². The van der Waals surface area contributed by atoms with Gasteiger partial charge in [0.15, 0.2) is 5.58 Å². The lowest BCUT2D eigenvalue weighted by Crippen LogP contribution is -2.48. The number of ether oxygens (including phenoxy) is 1. The summed E-state index contributed by atoms with van der Waals surface area (Å²) >= 11 is 1.68. The molecule has 0 spiro atoms. The second kappa shape index (κ2) is 9.10. The lowest BCUT2D eigenvalue weighted by atomic mass is 10.1. The number of amides is 1. The third-order valence-electron chi connectivity index (χ3n) is 5.79. The van der Waals surface area contributed by atoms with E-state index in [9.17, 15) is 4.79 Å². The monoisotopic (exact) mass is 448 g/mol. The predicted octanol–water partition coefficient (Wildman–Crippen LogP) is 3.85. The zero-order chi connectivity index (χ0) is 21.9. The van der Waals surface area contributed by atoms with Gasteiger partial charge in [-0.15, -0.1) is 11.3 Å². The molecule has 164 valence electrons. The summed E-state index contributed by atoms with van der Waals surface area (Å²) in [5.41, 5.74) is 3.50.